The van der Waals surface area contributed by atoms with Crippen molar-refractivity contribution in [1.82, 2.24) is 14.9 Å². The number of nitrogens with zero attached hydrogens (tertiary/aromatic N) is 2. The molecule has 1 heterocycles. The van der Waals surface area contributed by atoms with Gasteiger partial charge >= 0.3 is 0 Å². The standard InChI is InChI=1S/C16H23N3/c1-11(2)17-8-12(3)9-19-10-18-15-6-13(4)14(5)7-16(15)19/h6-7,10-11,17H,3,8-9H2,1-2,4-5H3. The first-order chi connectivity index (χ1) is 8.97. The van der Waals surface area contributed by atoms with Crippen molar-refractivity contribution in [3.63, 3.8) is 0 Å². The molecule has 0 aliphatic heterocycles. The lowest BCUT2D eigenvalue weighted by molar-refractivity contribution is 0.605. The number of imidazole rings is 1. The van der Waals surface area contributed by atoms with Gasteiger partial charge in [-0.05, 0) is 42.7 Å². The summed E-state index contributed by atoms with van der Waals surface area (Å²) in [6, 6.07) is 4.85. The van der Waals surface area contributed by atoms with E-state index in [1.165, 1.54) is 22.2 Å². The Morgan fingerprint density at radius 2 is 2.00 bits per heavy atom. The highest BCUT2D eigenvalue weighted by molar-refractivity contribution is 5.77. The van der Waals surface area contributed by atoms with E-state index in [0.717, 1.165) is 18.6 Å². The number of rotatable bonds is 5. The lowest BCUT2D eigenvalue weighted by atomic mass is 10.1. The minimum atomic E-state index is 0.487. The Bertz CT molecular complexity index is 593. The zero-order valence-corrected chi connectivity index (χ0v) is 12.3. The molecule has 0 atom stereocenters. The minimum absolute atomic E-state index is 0.487. The van der Waals surface area contributed by atoms with Crippen LogP contribution in [0.15, 0.2) is 30.6 Å². The van der Waals surface area contributed by atoms with E-state index in [1.807, 2.05) is 6.33 Å². The molecule has 1 N–H and O–H groups in total. The maximum Gasteiger partial charge on any atom is 0.0961 e. The lowest BCUT2D eigenvalue weighted by Crippen LogP contribution is -2.25. The van der Waals surface area contributed by atoms with E-state index in [0.29, 0.717) is 6.04 Å². The van der Waals surface area contributed by atoms with Gasteiger partial charge in [0.25, 0.3) is 0 Å². The largest absolute Gasteiger partial charge is 0.326 e. The quantitative estimate of drug-likeness (QED) is 0.834. The van der Waals surface area contributed by atoms with Gasteiger partial charge in [-0.3, -0.25) is 0 Å². The van der Waals surface area contributed by atoms with Crippen LogP contribution in [0.4, 0.5) is 0 Å². The molecule has 3 heteroatoms. The molecule has 0 fully saturated rings. The third kappa shape index (κ3) is 3.24. The van der Waals surface area contributed by atoms with E-state index in [2.05, 4.69) is 61.3 Å². The number of nitrogens with one attached hydrogen (secondary N) is 1. The van der Waals surface area contributed by atoms with Gasteiger partial charge in [0.15, 0.2) is 0 Å². The molecule has 2 rings (SSSR count). The first-order valence-electron chi connectivity index (χ1n) is 6.79. The summed E-state index contributed by atoms with van der Waals surface area (Å²) in [5.41, 5.74) is 6.02. The van der Waals surface area contributed by atoms with Gasteiger partial charge in [0.1, 0.15) is 0 Å². The van der Waals surface area contributed by atoms with Crippen molar-refractivity contribution in [2.75, 3.05) is 6.54 Å². The second-order valence-corrected chi connectivity index (χ2v) is 5.58. The summed E-state index contributed by atoms with van der Waals surface area (Å²) in [7, 11) is 0. The van der Waals surface area contributed by atoms with Crippen LogP contribution in [0, 0.1) is 13.8 Å². The van der Waals surface area contributed by atoms with Gasteiger partial charge in [0.05, 0.1) is 17.4 Å². The molecule has 0 spiro atoms. The van der Waals surface area contributed by atoms with Crippen LogP contribution in [0.2, 0.25) is 0 Å². The highest BCUT2D eigenvalue weighted by atomic mass is 15.0. The summed E-state index contributed by atoms with van der Waals surface area (Å²) in [6.45, 7) is 14.4. The van der Waals surface area contributed by atoms with Crippen molar-refractivity contribution in [2.45, 2.75) is 40.3 Å². The molecule has 19 heavy (non-hydrogen) atoms. The van der Waals surface area contributed by atoms with Crippen LogP contribution in [0.3, 0.4) is 0 Å². The minimum Gasteiger partial charge on any atom is -0.326 e. The number of hydrogen-bond acceptors (Lipinski definition) is 2. The van der Waals surface area contributed by atoms with Gasteiger partial charge in [-0.25, -0.2) is 4.98 Å². The van der Waals surface area contributed by atoms with Gasteiger partial charge in [0, 0.05) is 19.1 Å². The number of benzene rings is 1. The van der Waals surface area contributed by atoms with Crippen LogP contribution in [0.25, 0.3) is 11.0 Å². The summed E-state index contributed by atoms with van der Waals surface area (Å²) in [6.07, 6.45) is 1.91. The van der Waals surface area contributed by atoms with Crippen molar-refractivity contribution in [3.05, 3.63) is 41.7 Å². The number of aryl methyl sites for hydroxylation is 2. The molecule has 1 aromatic heterocycles. The average Bonchev–Trinajstić information content (AvgIpc) is 2.70. The molecule has 0 saturated heterocycles. The summed E-state index contributed by atoms with van der Waals surface area (Å²) < 4.78 is 2.17. The van der Waals surface area contributed by atoms with E-state index in [4.69, 9.17) is 0 Å². The van der Waals surface area contributed by atoms with Gasteiger partial charge in [-0.15, -0.1) is 0 Å². The maximum absolute atomic E-state index is 4.47. The van der Waals surface area contributed by atoms with Crippen LogP contribution in [-0.4, -0.2) is 22.1 Å². The fraction of sp³-hybridized carbons (Fsp3) is 0.438. The molecule has 1 aromatic carbocycles. The van der Waals surface area contributed by atoms with Gasteiger partial charge in [0.2, 0.25) is 0 Å². The Kier molecular flexibility index (Phi) is 4.05. The summed E-state index contributed by atoms with van der Waals surface area (Å²) in [5.74, 6) is 0. The second-order valence-electron chi connectivity index (χ2n) is 5.58. The molecular weight excluding hydrogens is 234 g/mol. The molecule has 3 nitrogen and oxygen atoms in total. The molecule has 0 amide bonds. The maximum atomic E-state index is 4.47. The van der Waals surface area contributed by atoms with Crippen LogP contribution < -0.4 is 5.32 Å². The molecule has 0 aliphatic carbocycles. The highest BCUT2D eigenvalue weighted by Crippen LogP contribution is 2.19. The molecule has 0 radical (unpaired) electrons. The molecule has 2 aromatic rings. The first kappa shape index (κ1) is 13.8. The Labute approximate surface area is 115 Å². The molecule has 0 saturated carbocycles. The van der Waals surface area contributed by atoms with E-state index in [1.54, 1.807) is 0 Å². The third-order valence-corrected chi connectivity index (χ3v) is 3.39. The summed E-state index contributed by atoms with van der Waals surface area (Å²) in [5, 5.41) is 3.39. The second kappa shape index (κ2) is 5.57. The van der Waals surface area contributed by atoms with E-state index >= 15 is 0 Å². The Morgan fingerprint density at radius 1 is 1.32 bits per heavy atom. The van der Waals surface area contributed by atoms with Crippen molar-refractivity contribution < 1.29 is 0 Å². The summed E-state index contributed by atoms with van der Waals surface area (Å²) in [4.78, 5) is 4.47. The van der Waals surface area contributed by atoms with Crippen molar-refractivity contribution in [2.24, 2.45) is 0 Å². The normalized spacial score (nSPS) is 11.4. The van der Waals surface area contributed by atoms with Gasteiger partial charge in [-0.2, -0.15) is 0 Å². The van der Waals surface area contributed by atoms with E-state index in [9.17, 15) is 0 Å². The monoisotopic (exact) mass is 257 g/mol. The smallest absolute Gasteiger partial charge is 0.0961 e. The fourth-order valence-electron chi connectivity index (χ4n) is 2.08. The van der Waals surface area contributed by atoms with Crippen LogP contribution in [0.5, 0.6) is 0 Å². The average molecular weight is 257 g/mol. The molecular formula is C16H23N3. The lowest BCUT2D eigenvalue weighted by Gasteiger charge is -2.12. The predicted molar refractivity (Wildman–Crippen MR) is 81.5 cm³/mol. The Morgan fingerprint density at radius 3 is 2.68 bits per heavy atom. The molecule has 0 unspecified atom stereocenters. The Balaban J connectivity index is 2.17. The highest BCUT2D eigenvalue weighted by Gasteiger charge is 2.06. The zero-order chi connectivity index (χ0) is 14.0. The van der Waals surface area contributed by atoms with Crippen LogP contribution >= 0.6 is 0 Å². The van der Waals surface area contributed by atoms with Crippen LogP contribution in [-0.2, 0) is 6.54 Å². The number of aromatic nitrogens is 2. The van der Waals surface area contributed by atoms with E-state index < -0.39 is 0 Å². The topological polar surface area (TPSA) is 29.9 Å². The van der Waals surface area contributed by atoms with E-state index in [-0.39, 0.29) is 0 Å². The fourth-order valence-corrected chi connectivity index (χ4v) is 2.08. The van der Waals surface area contributed by atoms with Gasteiger partial charge < -0.3 is 9.88 Å². The predicted octanol–water partition coefficient (Wildman–Crippen LogP) is 3.21. The zero-order valence-electron chi connectivity index (χ0n) is 12.3. The first-order valence-corrected chi connectivity index (χ1v) is 6.79. The van der Waals surface area contributed by atoms with Gasteiger partial charge in [-0.1, -0.05) is 20.4 Å². The third-order valence-electron chi connectivity index (χ3n) is 3.39. The van der Waals surface area contributed by atoms with Crippen molar-refractivity contribution in [3.8, 4) is 0 Å². The molecule has 0 bridgehead atoms. The molecule has 102 valence electrons. The number of fused-ring (bicyclic) bond motifs is 1. The number of hydrogen-bond donors (Lipinski definition) is 1. The SMILES string of the molecule is C=C(CNC(C)C)Cn1cnc2cc(C)c(C)cc21. The van der Waals surface area contributed by atoms with Crippen molar-refractivity contribution >= 4 is 11.0 Å². The summed E-state index contributed by atoms with van der Waals surface area (Å²) >= 11 is 0. The molecule has 0 aliphatic rings. The van der Waals surface area contributed by atoms with Crippen LogP contribution in [0.1, 0.15) is 25.0 Å². The Hall–Kier alpha value is -1.61. The van der Waals surface area contributed by atoms with Crippen molar-refractivity contribution in [1.29, 1.82) is 0 Å².